The molecule has 0 bridgehead atoms. The van der Waals surface area contributed by atoms with Gasteiger partial charge in [0.2, 0.25) is 0 Å². The van der Waals surface area contributed by atoms with Gasteiger partial charge in [0.1, 0.15) is 0 Å². The Morgan fingerprint density at radius 1 is 1.11 bits per heavy atom. The van der Waals surface area contributed by atoms with Crippen LogP contribution >= 0.6 is 15.9 Å². The minimum absolute atomic E-state index is 0.460. The molecule has 0 heterocycles. The van der Waals surface area contributed by atoms with Gasteiger partial charge in [0, 0.05) is 10.5 Å². The monoisotopic (exact) mass is 309 g/mol. The summed E-state index contributed by atoms with van der Waals surface area (Å²) < 4.78 is 1.15. The van der Waals surface area contributed by atoms with E-state index in [1.54, 1.807) is 0 Å². The molecule has 1 aliphatic rings. The van der Waals surface area contributed by atoms with Crippen LogP contribution in [-0.2, 0) is 0 Å². The van der Waals surface area contributed by atoms with Crippen molar-refractivity contribution in [1.82, 2.24) is 5.32 Å². The van der Waals surface area contributed by atoms with Crippen molar-refractivity contribution in [2.75, 3.05) is 6.54 Å². The minimum atomic E-state index is 0.460. The Hall–Kier alpha value is -0.340. The molecule has 1 aromatic rings. The molecule has 0 aromatic heterocycles. The molecule has 1 nitrogen and oxygen atoms in total. The van der Waals surface area contributed by atoms with Crippen LogP contribution in [0.4, 0.5) is 0 Å². The first-order valence-corrected chi connectivity index (χ1v) is 8.04. The SMILES string of the molecule is C[C@@H](NCC1CCCCCC1)c1ccc(Br)cc1. The molecule has 18 heavy (non-hydrogen) atoms. The van der Waals surface area contributed by atoms with Gasteiger partial charge in [0.05, 0.1) is 0 Å². The first-order valence-electron chi connectivity index (χ1n) is 7.24. The zero-order valence-electron chi connectivity index (χ0n) is 11.3. The standard InChI is InChI=1S/C16H24BrN/c1-13(15-8-10-16(17)11-9-15)18-12-14-6-4-2-3-5-7-14/h8-11,13-14,18H,2-7,12H2,1H3/t13-/m1/s1. The molecule has 0 radical (unpaired) electrons. The Morgan fingerprint density at radius 2 is 1.72 bits per heavy atom. The van der Waals surface area contributed by atoms with E-state index in [0.717, 1.165) is 10.4 Å². The van der Waals surface area contributed by atoms with Crippen molar-refractivity contribution >= 4 is 15.9 Å². The molecular weight excluding hydrogens is 286 g/mol. The molecule has 1 N–H and O–H groups in total. The van der Waals surface area contributed by atoms with Gasteiger partial charge in [-0.2, -0.15) is 0 Å². The minimum Gasteiger partial charge on any atom is -0.310 e. The van der Waals surface area contributed by atoms with E-state index in [9.17, 15) is 0 Å². The summed E-state index contributed by atoms with van der Waals surface area (Å²) in [7, 11) is 0. The largest absolute Gasteiger partial charge is 0.310 e. The van der Waals surface area contributed by atoms with Crippen LogP contribution in [0.2, 0.25) is 0 Å². The number of benzene rings is 1. The van der Waals surface area contributed by atoms with Crippen molar-refractivity contribution in [3.8, 4) is 0 Å². The molecule has 1 saturated carbocycles. The van der Waals surface area contributed by atoms with Crippen molar-refractivity contribution in [2.24, 2.45) is 5.92 Å². The first-order chi connectivity index (χ1) is 8.75. The molecule has 0 spiro atoms. The van der Waals surface area contributed by atoms with Crippen LogP contribution in [0.5, 0.6) is 0 Å². The van der Waals surface area contributed by atoms with Crippen LogP contribution in [0.1, 0.15) is 57.1 Å². The lowest BCUT2D eigenvalue weighted by Crippen LogP contribution is -2.25. The fourth-order valence-electron chi connectivity index (χ4n) is 2.78. The highest BCUT2D eigenvalue weighted by Crippen LogP contribution is 2.23. The zero-order chi connectivity index (χ0) is 12.8. The molecule has 100 valence electrons. The number of halogens is 1. The number of hydrogen-bond donors (Lipinski definition) is 1. The smallest absolute Gasteiger partial charge is 0.0291 e. The molecule has 0 amide bonds. The maximum Gasteiger partial charge on any atom is 0.0291 e. The van der Waals surface area contributed by atoms with Crippen molar-refractivity contribution < 1.29 is 0 Å². The molecule has 1 aromatic carbocycles. The average Bonchev–Trinajstić information content (AvgIpc) is 2.65. The van der Waals surface area contributed by atoms with Crippen LogP contribution in [0.15, 0.2) is 28.7 Å². The number of nitrogens with one attached hydrogen (secondary N) is 1. The molecule has 1 aliphatic carbocycles. The lowest BCUT2D eigenvalue weighted by Gasteiger charge is -2.19. The van der Waals surface area contributed by atoms with E-state index in [1.165, 1.54) is 50.6 Å². The summed E-state index contributed by atoms with van der Waals surface area (Å²) in [6, 6.07) is 9.11. The van der Waals surface area contributed by atoms with Crippen molar-refractivity contribution in [3.05, 3.63) is 34.3 Å². The van der Waals surface area contributed by atoms with Crippen LogP contribution < -0.4 is 5.32 Å². The number of hydrogen-bond acceptors (Lipinski definition) is 1. The van der Waals surface area contributed by atoms with E-state index < -0.39 is 0 Å². The highest BCUT2D eigenvalue weighted by molar-refractivity contribution is 9.10. The molecule has 0 saturated heterocycles. The van der Waals surface area contributed by atoms with Crippen LogP contribution in [0, 0.1) is 5.92 Å². The maximum absolute atomic E-state index is 3.70. The second kappa shape index (κ2) is 7.30. The summed E-state index contributed by atoms with van der Waals surface area (Å²) in [6.45, 7) is 3.44. The van der Waals surface area contributed by atoms with Gasteiger partial charge in [-0.15, -0.1) is 0 Å². The summed E-state index contributed by atoms with van der Waals surface area (Å²) in [6.07, 6.45) is 8.58. The van der Waals surface area contributed by atoms with Crippen LogP contribution in [0.25, 0.3) is 0 Å². The normalized spacial score (nSPS) is 19.4. The average molecular weight is 310 g/mol. The number of rotatable bonds is 4. The molecular formula is C16H24BrN. The van der Waals surface area contributed by atoms with Gasteiger partial charge in [-0.25, -0.2) is 0 Å². The van der Waals surface area contributed by atoms with Gasteiger partial charge in [-0.1, -0.05) is 53.7 Å². The molecule has 2 rings (SSSR count). The topological polar surface area (TPSA) is 12.0 Å². The van der Waals surface area contributed by atoms with Gasteiger partial charge < -0.3 is 5.32 Å². The molecule has 1 atom stereocenters. The molecule has 0 unspecified atom stereocenters. The lowest BCUT2D eigenvalue weighted by molar-refractivity contribution is 0.403. The molecule has 1 fully saturated rings. The summed E-state index contributed by atoms with van der Waals surface area (Å²) in [5.41, 5.74) is 1.38. The second-order valence-corrected chi connectivity index (χ2v) is 6.45. The first kappa shape index (κ1) is 14.1. The Kier molecular flexibility index (Phi) is 5.71. The van der Waals surface area contributed by atoms with Gasteiger partial charge in [0.25, 0.3) is 0 Å². The summed E-state index contributed by atoms with van der Waals surface area (Å²) in [5, 5.41) is 3.70. The van der Waals surface area contributed by atoms with Crippen molar-refractivity contribution in [3.63, 3.8) is 0 Å². The predicted octanol–water partition coefficient (Wildman–Crippen LogP) is 5.07. The van der Waals surface area contributed by atoms with E-state index in [1.807, 2.05) is 0 Å². The van der Waals surface area contributed by atoms with Crippen LogP contribution in [0.3, 0.4) is 0 Å². The van der Waals surface area contributed by atoms with Crippen molar-refractivity contribution in [1.29, 1.82) is 0 Å². The fourth-order valence-corrected chi connectivity index (χ4v) is 3.05. The quantitative estimate of drug-likeness (QED) is 0.766. The third kappa shape index (κ3) is 4.40. The Balaban J connectivity index is 1.80. The molecule has 0 aliphatic heterocycles. The van der Waals surface area contributed by atoms with E-state index in [-0.39, 0.29) is 0 Å². The van der Waals surface area contributed by atoms with E-state index in [0.29, 0.717) is 6.04 Å². The molecule has 2 heteroatoms. The van der Waals surface area contributed by atoms with Gasteiger partial charge in [-0.05, 0) is 49.9 Å². The van der Waals surface area contributed by atoms with Gasteiger partial charge in [-0.3, -0.25) is 0 Å². The van der Waals surface area contributed by atoms with Gasteiger partial charge >= 0.3 is 0 Å². The van der Waals surface area contributed by atoms with E-state index in [2.05, 4.69) is 52.4 Å². The second-order valence-electron chi connectivity index (χ2n) is 5.54. The third-order valence-corrected chi connectivity index (χ3v) is 4.59. The van der Waals surface area contributed by atoms with E-state index in [4.69, 9.17) is 0 Å². The van der Waals surface area contributed by atoms with E-state index >= 15 is 0 Å². The maximum atomic E-state index is 3.70. The Bertz CT molecular complexity index is 339. The Labute approximate surface area is 119 Å². The fraction of sp³-hybridized carbons (Fsp3) is 0.625. The summed E-state index contributed by atoms with van der Waals surface area (Å²) >= 11 is 3.48. The summed E-state index contributed by atoms with van der Waals surface area (Å²) in [4.78, 5) is 0. The van der Waals surface area contributed by atoms with Crippen LogP contribution in [-0.4, -0.2) is 6.54 Å². The Morgan fingerprint density at radius 3 is 2.33 bits per heavy atom. The van der Waals surface area contributed by atoms with Crippen molar-refractivity contribution in [2.45, 2.75) is 51.5 Å². The predicted molar refractivity (Wildman–Crippen MR) is 81.8 cm³/mol. The lowest BCUT2D eigenvalue weighted by atomic mass is 9.99. The highest BCUT2D eigenvalue weighted by Gasteiger charge is 2.13. The summed E-state index contributed by atoms with van der Waals surface area (Å²) in [5.74, 6) is 0.894. The van der Waals surface area contributed by atoms with Gasteiger partial charge in [0.15, 0.2) is 0 Å². The highest BCUT2D eigenvalue weighted by atomic mass is 79.9. The third-order valence-electron chi connectivity index (χ3n) is 4.06. The zero-order valence-corrected chi connectivity index (χ0v) is 12.9.